The zero-order valence-electron chi connectivity index (χ0n) is 23.1. The molecule has 10 heteroatoms. The van der Waals surface area contributed by atoms with Gasteiger partial charge < -0.3 is 9.80 Å². The van der Waals surface area contributed by atoms with Crippen LogP contribution in [0.5, 0.6) is 0 Å². The molecule has 4 aromatic carbocycles. The maximum atomic E-state index is 14.2. The molecule has 1 atom stereocenters. The Morgan fingerprint density at radius 3 is 1.88 bits per heavy atom. The summed E-state index contributed by atoms with van der Waals surface area (Å²) < 4.78 is 56.7. The van der Waals surface area contributed by atoms with Crippen molar-refractivity contribution in [1.82, 2.24) is 9.55 Å². The third kappa shape index (κ3) is 7.19. The number of aromatic nitrogens is 2. The van der Waals surface area contributed by atoms with Crippen molar-refractivity contribution in [2.24, 2.45) is 0 Å². The van der Waals surface area contributed by atoms with Crippen LogP contribution >= 0.6 is 45.2 Å². The summed E-state index contributed by atoms with van der Waals surface area (Å²) in [7, 11) is 0. The lowest BCUT2D eigenvalue weighted by atomic mass is 10.2. The Morgan fingerprint density at radius 1 is 0.714 bits per heavy atom. The average Bonchev–Trinajstić information content (AvgIpc) is 3.53. The number of halogens is 6. The zero-order valence-corrected chi connectivity index (χ0v) is 27.4. The van der Waals surface area contributed by atoms with Crippen LogP contribution in [0.25, 0.3) is 16.7 Å². The third-order valence-electron chi connectivity index (χ3n) is 6.37. The van der Waals surface area contributed by atoms with E-state index in [4.69, 9.17) is 0 Å². The number of fused-ring (bicyclic) bond motifs is 2. The highest BCUT2D eigenvalue weighted by molar-refractivity contribution is 14.1. The number of anilines is 3. The SMILES string of the molecule is CCCI.CCCN1c2ccccc2N(c2ccc(F)cc2F)C1I.Fc1ccc(-n2cnc3ccccc32)c(F)c1. The van der Waals surface area contributed by atoms with Crippen molar-refractivity contribution in [2.75, 3.05) is 20.8 Å². The minimum absolute atomic E-state index is 0.0279. The molecule has 6 rings (SSSR count). The number of hydrogen-bond acceptors (Lipinski definition) is 3. The molecule has 1 aromatic heterocycles. The third-order valence-corrected chi connectivity index (χ3v) is 8.67. The first-order chi connectivity index (χ1) is 20.3. The van der Waals surface area contributed by atoms with Gasteiger partial charge in [0.25, 0.3) is 0 Å². The van der Waals surface area contributed by atoms with Crippen LogP contribution in [-0.2, 0) is 0 Å². The first-order valence-corrected chi connectivity index (χ1v) is 16.2. The molecule has 0 aliphatic carbocycles. The number of hydrogen-bond donors (Lipinski definition) is 0. The van der Waals surface area contributed by atoms with E-state index in [1.807, 2.05) is 53.4 Å². The Labute approximate surface area is 270 Å². The van der Waals surface area contributed by atoms with Crippen molar-refractivity contribution in [3.8, 4) is 5.69 Å². The molecular formula is C32H30F4I2N4. The minimum atomic E-state index is -0.604. The average molecular weight is 800 g/mol. The molecule has 2 heterocycles. The largest absolute Gasteiger partial charge is 0.341 e. The van der Waals surface area contributed by atoms with Gasteiger partial charge in [-0.05, 0) is 88.4 Å². The second kappa shape index (κ2) is 15.0. The second-order valence-electron chi connectivity index (χ2n) is 9.35. The van der Waals surface area contributed by atoms with E-state index in [1.54, 1.807) is 4.57 Å². The molecule has 1 unspecified atom stereocenters. The fraction of sp³-hybridized carbons (Fsp3) is 0.219. The normalized spacial score (nSPS) is 13.8. The van der Waals surface area contributed by atoms with Gasteiger partial charge >= 0.3 is 0 Å². The van der Waals surface area contributed by atoms with Crippen LogP contribution in [0, 0.1) is 23.3 Å². The molecule has 0 N–H and O–H groups in total. The molecule has 0 saturated heterocycles. The Kier molecular flexibility index (Phi) is 11.5. The summed E-state index contributed by atoms with van der Waals surface area (Å²) in [5, 5.41) is 0. The number of nitrogens with zero attached hydrogens (tertiary/aromatic N) is 4. The summed E-state index contributed by atoms with van der Waals surface area (Å²) in [5.41, 5.74) is 4.30. The molecule has 4 nitrogen and oxygen atoms in total. The van der Waals surface area contributed by atoms with Gasteiger partial charge in [-0.1, -0.05) is 60.7 Å². The molecule has 42 heavy (non-hydrogen) atoms. The summed E-state index contributed by atoms with van der Waals surface area (Å²) in [4.78, 5) is 8.31. The number of alkyl halides is 2. The van der Waals surface area contributed by atoms with Crippen LogP contribution in [-0.4, -0.2) is 24.7 Å². The lowest BCUT2D eigenvalue weighted by Crippen LogP contribution is -2.36. The van der Waals surface area contributed by atoms with Crippen LogP contribution in [0.1, 0.15) is 26.7 Å². The Morgan fingerprint density at radius 2 is 1.29 bits per heavy atom. The molecule has 0 spiro atoms. The molecule has 220 valence electrons. The summed E-state index contributed by atoms with van der Waals surface area (Å²) in [6.07, 6.45) is 3.84. The van der Waals surface area contributed by atoms with Crippen molar-refractivity contribution in [3.05, 3.63) is 115 Å². The summed E-state index contributed by atoms with van der Waals surface area (Å²) in [5.74, 6) is -2.28. The van der Waals surface area contributed by atoms with Crippen molar-refractivity contribution in [3.63, 3.8) is 0 Å². The van der Waals surface area contributed by atoms with Crippen LogP contribution in [0.3, 0.4) is 0 Å². The molecule has 0 saturated carbocycles. The number of imidazole rings is 1. The molecule has 5 aromatic rings. The molecule has 1 aliphatic rings. The standard InChI is InChI=1S/C16H15F2IN2.C13H8F2N2.C3H7I/c1-2-9-20-14-5-3-4-6-15(14)21(16(20)19)13-8-7-11(17)10-12(13)18;14-9-5-6-12(10(15)7-9)17-8-16-11-3-1-2-4-13(11)17;1-2-3-4/h3-8,10,16H,2,9H2,1H3;1-8H;2-3H2,1H3. The van der Waals surface area contributed by atoms with Crippen LogP contribution in [0.4, 0.5) is 34.6 Å². The van der Waals surface area contributed by atoms with Crippen molar-refractivity contribution >= 4 is 73.3 Å². The van der Waals surface area contributed by atoms with Gasteiger partial charge in [-0.3, -0.25) is 4.57 Å². The summed E-state index contributed by atoms with van der Waals surface area (Å²) in [6.45, 7) is 5.18. The van der Waals surface area contributed by atoms with Crippen molar-refractivity contribution in [2.45, 2.75) is 30.9 Å². The number of rotatable bonds is 5. The van der Waals surface area contributed by atoms with Gasteiger partial charge in [-0.2, -0.15) is 0 Å². The molecule has 0 fully saturated rings. The van der Waals surface area contributed by atoms with Gasteiger partial charge in [0, 0.05) is 18.7 Å². The quantitative estimate of drug-likeness (QED) is 0.0766. The Balaban J connectivity index is 0.000000174. The monoisotopic (exact) mass is 800 g/mol. The zero-order chi connectivity index (χ0) is 30.2. The predicted molar refractivity (Wildman–Crippen MR) is 181 cm³/mol. The lowest BCUT2D eigenvalue weighted by Gasteiger charge is -2.28. The smallest absolute Gasteiger partial charge is 0.159 e. The topological polar surface area (TPSA) is 24.3 Å². The predicted octanol–water partition coefficient (Wildman–Crippen LogP) is 10.2. The fourth-order valence-corrected chi connectivity index (χ4v) is 5.68. The van der Waals surface area contributed by atoms with Gasteiger partial charge in [-0.25, -0.2) is 22.5 Å². The van der Waals surface area contributed by atoms with E-state index >= 15 is 0 Å². The molecular weight excluding hydrogens is 770 g/mol. The van der Waals surface area contributed by atoms with Crippen molar-refractivity contribution < 1.29 is 17.6 Å². The molecule has 1 aliphatic heterocycles. The van der Waals surface area contributed by atoms with Crippen LogP contribution < -0.4 is 9.80 Å². The van der Waals surface area contributed by atoms with Crippen LogP contribution in [0.2, 0.25) is 0 Å². The molecule has 0 radical (unpaired) electrons. The minimum Gasteiger partial charge on any atom is -0.341 e. The van der Waals surface area contributed by atoms with Gasteiger partial charge in [0.2, 0.25) is 0 Å². The highest BCUT2D eigenvalue weighted by atomic mass is 127. The fourth-order valence-electron chi connectivity index (χ4n) is 4.50. The Hall–Kier alpha value is -2.87. The molecule has 0 amide bonds. The lowest BCUT2D eigenvalue weighted by molar-refractivity contribution is 0.578. The van der Waals surface area contributed by atoms with E-state index < -0.39 is 23.3 Å². The van der Waals surface area contributed by atoms with E-state index in [9.17, 15) is 17.6 Å². The van der Waals surface area contributed by atoms with Gasteiger partial charge in [0.1, 0.15) is 29.6 Å². The first-order valence-electron chi connectivity index (χ1n) is 13.5. The maximum Gasteiger partial charge on any atom is 0.159 e. The number of benzene rings is 4. The van der Waals surface area contributed by atoms with Gasteiger partial charge in [0.05, 0.1) is 33.8 Å². The number of para-hydroxylation sites is 4. The summed E-state index contributed by atoms with van der Waals surface area (Å²) >= 11 is 4.65. The van der Waals surface area contributed by atoms with E-state index in [0.29, 0.717) is 11.4 Å². The van der Waals surface area contributed by atoms with Crippen LogP contribution in [0.15, 0.2) is 91.3 Å². The van der Waals surface area contributed by atoms with Gasteiger partial charge in [-0.15, -0.1) is 0 Å². The Bertz CT molecular complexity index is 1630. The van der Waals surface area contributed by atoms with Gasteiger partial charge in [0.15, 0.2) is 4.17 Å². The van der Waals surface area contributed by atoms with E-state index in [-0.39, 0.29) is 4.17 Å². The molecule has 0 bridgehead atoms. The first kappa shape index (κ1) is 32.1. The van der Waals surface area contributed by atoms with Crippen molar-refractivity contribution in [1.29, 1.82) is 0 Å². The van der Waals surface area contributed by atoms with E-state index in [2.05, 4.69) is 68.9 Å². The highest BCUT2D eigenvalue weighted by Crippen LogP contribution is 2.46. The van der Waals surface area contributed by atoms with E-state index in [0.717, 1.165) is 47.5 Å². The van der Waals surface area contributed by atoms with E-state index in [1.165, 1.54) is 41.4 Å². The maximum absolute atomic E-state index is 14.2. The second-order valence-corrected chi connectivity index (χ2v) is 11.5. The summed E-state index contributed by atoms with van der Waals surface area (Å²) in [6, 6.07) is 22.6. The highest BCUT2D eigenvalue weighted by Gasteiger charge is 2.35.